The minimum Gasteiger partial charge on any atom is -0.462 e. The zero-order chi connectivity index (χ0) is 50.0. The van der Waals surface area contributed by atoms with Crippen LogP contribution >= 0.6 is 0 Å². The van der Waals surface area contributed by atoms with Gasteiger partial charge >= 0.3 is 17.9 Å². The maximum absolute atomic E-state index is 12.8. The molecular weight excluding hydrogens is 853 g/mol. The minimum absolute atomic E-state index is 0.117. The first-order valence-electron chi connectivity index (χ1n) is 28.4. The number of ether oxygens (including phenoxy) is 3. The molecule has 0 saturated carbocycles. The topological polar surface area (TPSA) is 78.9 Å². The number of carbonyl (C=O) groups is 3. The Labute approximate surface area is 425 Å². The van der Waals surface area contributed by atoms with Crippen molar-refractivity contribution in [2.24, 2.45) is 0 Å². The van der Waals surface area contributed by atoms with E-state index in [2.05, 4.69) is 130 Å². The fourth-order valence-electron chi connectivity index (χ4n) is 7.41. The molecule has 0 unspecified atom stereocenters. The van der Waals surface area contributed by atoms with E-state index in [-0.39, 0.29) is 37.5 Å². The van der Waals surface area contributed by atoms with Gasteiger partial charge in [0.25, 0.3) is 0 Å². The molecule has 0 aromatic rings. The summed E-state index contributed by atoms with van der Waals surface area (Å²) in [7, 11) is 0. The van der Waals surface area contributed by atoms with Crippen molar-refractivity contribution in [2.45, 2.75) is 258 Å². The van der Waals surface area contributed by atoms with Gasteiger partial charge in [0, 0.05) is 19.3 Å². The lowest BCUT2D eigenvalue weighted by Crippen LogP contribution is -2.30. The number of carbonyl (C=O) groups excluding carboxylic acids is 3. The summed E-state index contributed by atoms with van der Waals surface area (Å²) in [6.07, 6.45) is 76.5. The molecule has 69 heavy (non-hydrogen) atoms. The van der Waals surface area contributed by atoms with Crippen LogP contribution in [0.5, 0.6) is 0 Å². The number of hydrogen-bond donors (Lipinski definition) is 0. The molecule has 0 N–H and O–H groups in total. The van der Waals surface area contributed by atoms with Crippen LogP contribution in [-0.2, 0) is 28.6 Å². The number of rotatable bonds is 50. The molecule has 0 saturated heterocycles. The van der Waals surface area contributed by atoms with E-state index in [1.165, 1.54) is 96.3 Å². The van der Waals surface area contributed by atoms with E-state index in [4.69, 9.17) is 14.2 Å². The second-order valence-corrected chi connectivity index (χ2v) is 18.5. The summed E-state index contributed by atoms with van der Waals surface area (Å²) in [6.45, 7) is 6.49. The molecule has 0 radical (unpaired) electrons. The lowest BCUT2D eigenvalue weighted by Gasteiger charge is -2.18. The van der Waals surface area contributed by atoms with Crippen LogP contribution in [0.1, 0.15) is 252 Å². The summed E-state index contributed by atoms with van der Waals surface area (Å²) >= 11 is 0. The highest BCUT2D eigenvalue weighted by molar-refractivity contribution is 5.71. The Morgan fingerprint density at radius 1 is 0.290 bits per heavy atom. The van der Waals surface area contributed by atoms with Crippen molar-refractivity contribution in [3.63, 3.8) is 0 Å². The summed E-state index contributed by atoms with van der Waals surface area (Å²) in [5, 5.41) is 0. The van der Waals surface area contributed by atoms with Crippen LogP contribution in [0.4, 0.5) is 0 Å². The van der Waals surface area contributed by atoms with Crippen molar-refractivity contribution in [2.75, 3.05) is 13.2 Å². The molecule has 0 aliphatic carbocycles. The average molecular weight is 958 g/mol. The summed E-state index contributed by atoms with van der Waals surface area (Å²) < 4.78 is 16.8. The van der Waals surface area contributed by atoms with E-state index < -0.39 is 6.10 Å². The first-order chi connectivity index (χ1) is 34.0. The molecule has 0 aliphatic rings. The predicted molar refractivity (Wildman–Crippen MR) is 297 cm³/mol. The Morgan fingerprint density at radius 3 is 0.899 bits per heavy atom. The number of allylic oxidation sites excluding steroid dienone is 18. The summed E-state index contributed by atoms with van der Waals surface area (Å²) in [4.78, 5) is 38.1. The zero-order valence-corrected chi connectivity index (χ0v) is 44.8. The van der Waals surface area contributed by atoms with Crippen molar-refractivity contribution < 1.29 is 28.6 Å². The highest BCUT2D eigenvalue weighted by atomic mass is 16.6. The maximum Gasteiger partial charge on any atom is 0.306 e. The van der Waals surface area contributed by atoms with Crippen LogP contribution in [0.25, 0.3) is 0 Å². The van der Waals surface area contributed by atoms with Crippen molar-refractivity contribution in [3.8, 4) is 0 Å². The van der Waals surface area contributed by atoms with Crippen molar-refractivity contribution in [3.05, 3.63) is 109 Å². The summed E-state index contributed by atoms with van der Waals surface area (Å²) in [5.74, 6) is -1.02. The van der Waals surface area contributed by atoms with Gasteiger partial charge in [-0.2, -0.15) is 0 Å². The van der Waals surface area contributed by atoms with Gasteiger partial charge < -0.3 is 14.2 Å². The van der Waals surface area contributed by atoms with Gasteiger partial charge in [-0.05, 0) is 128 Å². The van der Waals surface area contributed by atoms with Gasteiger partial charge in [0.2, 0.25) is 0 Å². The molecule has 0 spiro atoms. The van der Waals surface area contributed by atoms with Crippen LogP contribution < -0.4 is 0 Å². The molecule has 0 rings (SSSR count). The molecule has 0 amide bonds. The first-order valence-corrected chi connectivity index (χ1v) is 28.4. The molecular formula is C63H104O6. The Balaban J connectivity index is 4.56. The third kappa shape index (κ3) is 54.9. The van der Waals surface area contributed by atoms with Gasteiger partial charge in [0.1, 0.15) is 13.2 Å². The van der Waals surface area contributed by atoms with Crippen molar-refractivity contribution in [1.29, 1.82) is 0 Å². The van der Waals surface area contributed by atoms with E-state index >= 15 is 0 Å². The molecule has 0 aliphatic heterocycles. The Kier molecular flexibility index (Phi) is 53.4. The van der Waals surface area contributed by atoms with E-state index in [1.54, 1.807) is 0 Å². The van der Waals surface area contributed by atoms with Crippen LogP contribution in [0.15, 0.2) is 109 Å². The van der Waals surface area contributed by atoms with Gasteiger partial charge in [0.15, 0.2) is 6.10 Å². The lowest BCUT2D eigenvalue weighted by molar-refractivity contribution is -0.167. The van der Waals surface area contributed by atoms with Gasteiger partial charge in [-0.15, -0.1) is 0 Å². The second-order valence-electron chi connectivity index (χ2n) is 18.5. The third-order valence-corrected chi connectivity index (χ3v) is 11.7. The molecule has 0 bridgehead atoms. The quantitative estimate of drug-likeness (QED) is 0.0262. The first kappa shape index (κ1) is 65.1. The Morgan fingerprint density at radius 2 is 0.536 bits per heavy atom. The number of unbranched alkanes of at least 4 members (excludes halogenated alkanes) is 21. The molecule has 0 fully saturated rings. The molecule has 1 atom stereocenters. The third-order valence-electron chi connectivity index (χ3n) is 11.7. The Hall–Kier alpha value is -3.93. The van der Waals surface area contributed by atoms with Crippen molar-refractivity contribution >= 4 is 17.9 Å². The van der Waals surface area contributed by atoms with Crippen LogP contribution in [0.3, 0.4) is 0 Å². The van der Waals surface area contributed by atoms with E-state index in [0.29, 0.717) is 19.3 Å². The predicted octanol–water partition coefficient (Wildman–Crippen LogP) is 19.1. The summed E-state index contributed by atoms with van der Waals surface area (Å²) in [5.41, 5.74) is 0. The fraction of sp³-hybridized carbons (Fsp3) is 0.667. The van der Waals surface area contributed by atoms with Crippen LogP contribution in [-0.4, -0.2) is 37.2 Å². The monoisotopic (exact) mass is 957 g/mol. The zero-order valence-electron chi connectivity index (χ0n) is 44.8. The normalized spacial score (nSPS) is 12.9. The van der Waals surface area contributed by atoms with E-state index in [1.807, 2.05) is 0 Å². The van der Waals surface area contributed by atoms with Crippen molar-refractivity contribution in [1.82, 2.24) is 0 Å². The highest BCUT2D eigenvalue weighted by Gasteiger charge is 2.19. The Bertz CT molecular complexity index is 1420. The summed E-state index contributed by atoms with van der Waals surface area (Å²) in [6, 6.07) is 0. The van der Waals surface area contributed by atoms with E-state index in [9.17, 15) is 14.4 Å². The standard InChI is InChI=1S/C63H104O6/c1-4-7-10-13-16-19-22-25-28-30-31-33-35-38-41-44-47-50-53-56-62(65)68-59-60(58-67-61(64)55-52-49-46-43-40-37-34-27-24-21-18-15-12-9-6-3)69-63(66)57-54-51-48-45-42-39-36-32-29-26-23-20-17-14-11-8-5-2/h16,18-19,21,25-29,31,33-34,36,38-39,41,45,48,60H,4-15,17,20,22-24,30,32,35,37,40,42-44,46-47,49-59H2,1-3H3/b19-16-,21-18-,28-25-,29-26-,33-31-,34-27-,39-36-,41-38-,48-45-/t60-/m0/s1. The molecule has 0 aromatic carbocycles. The second kappa shape index (κ2) is 56.7. The molecule has 0 aromatic heterocycles. The molecule has 392 valence electrons. The van der Waals surface area contributed by atoms with E-state index in [0.717, 1.165) is 109 Å². The molecule has 6 nitrogen and oxygen atoms in total. The molecule has 6 heteroatoms. The fourth-order valence-corrected chi connectivity index (χ4v) is 7.41. The van der Waals surface area contributed by atoms with Gasteiger partial charge in [0.05, 0.1) is 0 Å². The van der Waals surface area contributed by atoms with Gasteiger partial charge in [-0.1, -0.05) is 214 Å². The average Bonchev–Trinajstić information content (AvgIpc) is 3.35. The van der Waals surface area contributed by atoms with Crippen LogP contribution in [0.2, 0.25) is 0 Å². The van der Waals surface area contributed by atoms with Crippen LogP contribution in [0, 0.1) is 0 Å². The largest absolute Gasteiger partial charge is 0.462 e. The number of esters is 3. The minimum atomic E-state index is -0.826. The van der Waals surface area contributed by atoms with Gasteiger partial charge in [-0.25, -0.2) is 0 Å². The molecule has 0 heterocycles. The highest BCUT2D eigenvalue weighted by Crippen LogP contribution is 2.12. The maximum atomic E-state index is 12.8. The smallest absolute Gasteiger partial charge is 0.306 e. The van der Waals surface area contributed by atoms with Gasteiger partial charge in [-0.3, -0.25) is 14.4 Å². The lowest BCUT2D eigenvalue weighted by atomic mass is 10.1. The number of hydrogen-bond acceptors (Lipinski definition) is 6. The SMILES string of the molecule is CCCCC/C=C\C/C=C\C/C=C\C/C=C\CCCCCC(=O)OC[C@H](COC(=O)CCCCCCC/C=C\C/C=C\CCCCC)OC(=O)CCC/C=C\C/C=C\C/C=C\CCCCCCCC.